The summed E-state index contributed by atoms with van der Waals surface area (Å²) in [5, 5.41) is 3.32. The predicted molar refractivity (Wildman–Crippen MR) is 52.4 cm³/mol. The van der Waals surface area contributed by atoms with Crippen LogP contribution in [0.4, 0.5) is 0 Å². The molecule has 64 valence electrons. The third kappa shape index (κ3) is 1.95. The van der Waals surface area contributed by atoms with Gasteiger partial charge in [-0.3, -0.25) is 0 Å². The molecule has 0 saturated heterocycles. The molecule has 1 aliphatic rings. The Kier molecular flexibility index (Phi) is 2.57. The number of aromatic nitrogens is 1. The molecular weight excluding hydrogens is 166 g/mol. The zero-order chi connectivity index (χ0) is 8.23. The molecule has 12 heavy (non-hydrogen) atoms. The third-order valence-corrected chi connectivity index (χ3v) is 3.03. The van der Waals surface area contributed by atoms with Gasteiger partial charge in [-0.15, -0.1) is 11.3 Å². The fourth-order valence-corrected chi connectivity index (χ4v) is 2.27. The van der Waals surface area contributed by atoms with Gasteiger partial charge in [-0.05, 0) is 25.7 Å². The lowest BCUT2D eigenvalue weighted by Crippen LogP contribution is -1.95. The fraction of sp³-hybridized carbons (Fsp3) is 0.500. The van der Waals surface area contributed by atoms with Gasteiger partial charge < -0.3 is 0 Å². The van der Waals surface area contributed by atoms with E-state index in [9.17, 15) is 0 Å². The minimum Gasteiger partial charge on any atom is -0.249 e. The highest BCUT2D eigenvalue weighted by Crippen LogP contribution is 2.21. The van der Waals surface area contributed by atoms with E-state index in [2.05, 4.69) is 16.4 Å². The highest BCUT2D eigenvalue weighted by molar-refractivity contribution is 7.09. The van der Waals surface area contributed by atoms with E-state index in [1.165, 1.54) is 30.7 Å². The molecule has 0 atom stereocenters. The van der Waals surface area contributed by atoms with Crippen LogP contribution in [-0.4, -0.2) is 4.98 Å². The molecule has 2 rings (SSSR count). The summed E-state index contributed by atoms with van der Waals surface area (Å²) in [5.41, 5.74) is 1.59. The van der Waals surface area contributed by atoms with Crippen molar-refractivity contribution < 1.29 is 0 Å². The maximum atomic E-state index is 4.29. The second-order valence-electron chi connectivity index (χ2n) is 3.21. The lowest BCUT2D eigenvalue weighted by molar-refractivity contribution is 0.688. The van der Waals surface area contributed by atoms with Crippen LogP contribution in [0, 0.1) is 0 Å². The normalized spacial score (nSPS) is 17.5. The summed E-state index contributed by atoms with van der Waals surface area (Å²) in [6.07, 6.45) is 10.7. The minimum absolute atomic E-state index is 1.09. The summed E-state index contributed by atoms with van der Waals surface area (Å²) < 4.78 is 0. The second-order valence-corrected chi connectivity index (χ2v) is 4.19. The first-order valence-electron chi connectivity index (χ1n) is 4.51. The standard InChI is InChI=1S/C10H13NS/c1-2-4-9(5-3-1)8-10-11-6-7-12-10/h4,6-7H,1-3,5,8H2. The van der Waals surface area contributed by atoms with Gasteiger partial charge in [0, 0.05) is 18.0 Å². The van der Waals surface area contributed by atoms with E-state index in [-0.39, 0.29) is 0 Å². The molecule has 0 N–H and O–H groups in total. The van der Waals surface area contributed by atoms with Crippen LogP contribution < -0.4 is 0 Å². The van der Waals surface area contributed by atoms with Crippen molar-refractivity contribution in [1.29, 1.82) is 0 Å². The van der Waals surface area contributed by atoms with E-state index in [1.807, 2.05) is 6.20 Å². The molecule has 1 aliphatic carbocycles. The Hall–Kier alpha value is -0.630. The first-order chi connectivity index (χ1) is 5.95. The van der Waals surface area contributed by atoms with E-state index in [0.29, 0.717) is 0 Å². The fourth-order valence-electron chi connectivity index (χ4n) is 1.60. The molecular formula is C10H13NS. The highest BCUT2D eigenvalue weighted by atomic mass is 32.1. The number of nitrogens with zero attached hydrogens (tertiary/aromatic N) is 1. The van der Waals surface area contributed by atoms with Crippen LogP contribution in [0.2, 0.25) is 0 Å². The first-order valence-corrected chi connectivity index (χ1v) is 5.39. The zero-order valence-electron chi connectivity index (χ0n) is 7.12. The Bertz CT molecular complexity index is 261. The monoisotopic (exact) mass is 179 g/mol. The minimum atomic E-state index is 1.09. The lowest BCUT2D eigenvalue weighted by Gasteiger charge is -2.10. The SMILES string of the molecule is C1=C(Cc2nccs2)CCCC1. The number of hydrogen-bond acceptors (Lipinski definition) is 2. The summed E-state index contributed by atoms with van der Waals surface area (Å²) in [6.45, 7) is 0. The Labute approximate surface area is 77.2 Å². The predicted octanol–water partition coefficient (Wildman–Crippen LogP) is 3.19. The van der Waals surface area contributed by atoms with Crippen molar-refractivity contribution in [3.8, 4) is 0 Å². The lowest BCUT2D eigenvalue weighted by atomic mass is 9.98. The van der Waals surface area contributed by atoms with Crippen molar-refractivity contribution in [1.82, 2.24) is 4.98 Å². The molecule has 0 bridgehead atoms. The van der Waals surface area contributed by atoms with Crippen molar-refractivity contribution in [3.05, 3.63) is 28.2 Å². The van der Waals surface area contributed by atoms with Gasteiger partial charge in [-0.25, -0.2) is 4.98 Å². The molecule has 0 saturated carbocycles. The molecule has 0 fully saturated rings. The van der Waals surface area contributed by atoms with Crippen LogP contribution in [0.25, 0.3) is 0 Å². The third-order valence-electron chi connectivity index (χ3n) is 2.25. The zero-order valence-corrected chi connectivity index (χ0v) is 7.94. The topological polar surface area (TPSA) is 12.9 Å². The summed E-state index contributed by atoms with van der Waals surface area (Å²) in [5.74, 6) is 0. The largest absolute Gasteiger partial charge is 0.249 e. The molecule has 0 unspecified atom stereocenters. The van der Waals surface area contributed by atoms with Crippen LogP contribution in [-0.2, 0) is 6.42 Å². The number of hydrogen-bond donors (Lipinski definition) is 0. The van der Waals surface area contributed by atoms with Crippen LogP contribution in [0.1, 0.15) is 30.7 Å². The Morgan fingerprint density at radius 3 is 3.08 bits per heavy atom. The van der Waals surface area contributed by atoms with Gasteiger partial charge in [0.1, 0.15) is 0 Å². The molecule has 1 aromatic heterocycles. The highest BCUT2D eigenvalue weighted by Gasteiger charge is 2.05. The van der Waals surface area contributed by atoms with Crippen LogP contribution in [0.5, 0.6) is 0 Å². The van der Waals surface area contributed by atoms with Gasteiger partial charge in [-0.1, -0.05) is 11.6 Å². The summed E-state index contributed by atoms with van der Waals surface area (Å²) in [6, 6.07) is 0. The van der Waals surface area contributed by atoms with Gasteiger partial charge in [-0.2, -0.15) is 0 Å². The molecule has 1 nitrogen and oxygen atoms in total. The molecule has 1 heterocycles. The van der Waals surface area contributed by atoms with Crippen molar-refractivity contribution in [2.75, 3.05) is 0 Å². The summed E-state index contributed by atoms with van der Waals surface area (Å²) in [7, 11) is 0. The van der Waals surface area contributed by atoms with Crippen LogP contribution in [0.15, 0.2) is 23.2 Å². The first kappa shape index (κ1) is 7.99. The molecule has 0 aromatic carbocycles. The maximum Gasteiger partial charge on any atom is 0.0965 e. The Morgan fingerprint density at radius 1 is 1.42 bits per heavy atom. The van der Waals surface area contributed by atoms with Gasteiger partial charge >= 0.3 is 0 Å². The van der Waals surface area contributed by atoms with Gasteiger partial charge in [0.15, 0.2) is 0 Å². The van der Waals surface area contributed by atoms with E-state index >= 15 is 0 Å². The van der Waals surface area contributed by atoms with E-state index in [1.54, 1.807) is 16.9 Å². The van der Waals surface area contributed by atoms with E-state index in [0.717, 1.165) is 6.42 Å². The van der Waals surface area contributed by atoms with E-state index in [4.69, 9.17) is 0 Å². The summed E-state index contributed by atoms with van der Waals surface area (Å²) in [4.78, 5) is 4.29. The van der Waals surface area contributed by atoms with Crippen molar-refractivity contribution in [3.63, 3.8) is 0 Å². The molecule has 2 heteroatoms. The second kappa shape index (κ2) is 3.85. The summed E-state index contributed by atoms with van der Waals surface area (Å²) >= 11 is 1.76. The quantitative estimate of drug-likeness (QED) is 0.635. The average Bonchev–Trinajstić information content (AvgIpc) is 2.59. The Morgan fingerprint density at radius 2 is 2.42 bits per heavy atom. The molecule has 0 radical (unpaired) electrons. The van der Waals surface area contributed by atoms with Gasteiger partial charge in [0.25, 0.3) is 0 Å². The maximum absolute atomic E-state index is 4.29. The van der Waals surface area contributed by atoms with Crippen molar-refractivity contribution >= 4 is 11.3 Å². The number of allylic oxidation sites excluding steroid dienone is 2. The molecule has 0 amide bonds. The van der Waals surface area contributed by atoms with Crippen molar-refractivity contribution in [2.24, 2.45) is 0 Å². The average molecular weight is 179 g/mol. The van der Waals surface area contributed by atoms with E-state index < -0.39 is 0 Å². The van der Waals surface area contributed by atoms with Crippen LogP contribution in [0.3, 0.4) is 0 Å². The van der Waals surface area contributed by atoms with Gasteiger partial charge in [0.2, 0.25) is 0 Å². The number of thiazole rings is 1. The smallest absolute Gasteiger partial charge is 0.0965 e. The van der Waals surface area contributed by atoms with Gasteiger partial charge in [0.05, 0.1) is 5.01 Å². The van der Waals surface area contributed by atoms with Crippen molar-refractivity contribution in [2.45, 2.75) is 32.1 Å². The Balaban J connectivity index is 1.98. The van der Waals surface area contributed by atoms with Crippen LogP contribution >= 0.6 is 11.3 Å². The molecule has 1 aromatic rings. The molecule has 0 aliphatic heterocycles. The number of rotatable bonds is 2. The molecule has 0 spiro atoms.